The summed E-state index contributed by atoms with van der Waals surface area (Å²) in [6.45, 7) is 0.621. The van der Waals surface area contributed by atoms with E-state index in [2.05, 4.69) is 5.32 Å². The molecule has 3 rings (SSSR count). The molecule has 0 aliphatic carbocycles. The van der Waals surface area contributed by atoms with Gasteiger partial charge in [0, 0.05) is 11.6 Å². The molecule has 0 bridgehead atoms. The topological polar surface area (TPSA) is 90.9 Å². The van der Waals surface area contributed by atoms with Gasteiger partial charge in [-0.25, -0.2) is 13.6 Å². The maximum Gasteiger partial charge on any atom is 0.338 e. The van der Waals surface area contributed by atoms with Gasteiger partial charge in [0.05, 0.1) is 11.3 Å². The maximum atomic E-state index is 13.1. The quantitative estimate of drug-likeness (QED) is 0.636. The zero-order valence-electron chi connectivity index (χ0n) is 14.0. The van der Waals surface area contributed by atoms with Gasteiger partial charge in [-0.15, -0.1) is 0 Å². The van der Waals surface area contributed by atoms with Crippen molar-refractivity contribution in [2.24, 2.45) is 0 Å². The van der Waals surface area contributed by atoms with Gasteiger partial charge in [-0.05, 0) is 31.2 Å². The predicted octanol–water partition coefficient (Wildman–Crippen LogP) is 2.69. The van der Waals surface area contributed by atoms with Gasteiger partial charge in [0.2, 0.25) is 6.79 Å². The molecule has 0 aromatic heterocycles. The number of Topliss-reactive ketones (excluding diaryl/α,β-unsaturated/α-hetero) is 1. The van der Waals surface area contributed by atoms with E-state index in [0.717, 1.165) is 12.1 Å². The van der Waals surface area contributed by atoms with E-state index < -0.39 is 30.1 Å². The van der Waals surface area contributed by atoms with Crippen LogP contribution < -0.4 is 14.8 Å². The van der Waals surface area contributed by atoms with Gasteiger partial charge >= 0.3 is 5.97 Å². The Morgan fingerprint density at radius 3 is 2.44 bits per heavy atom. The fourth-order valence-electron chi connectivity index (χ4n) is 2.36. The molecular formula is C18H13F2NO6. The molecule has 1 aliphatic heterocycles. The summed E-state index contributed by atoms with van der Waals surface area (Å²) in [5.41, 5.74) is 0.120. The fourth-order valence-corrected chi connectivity index (χ4v) is 2.36. The van der Waals surface area contributed by atoms with Crippen molar-refractivity contribution in [2.75, 3.05) is 18.7 Å². The number of fused-ring (bicyclic) bond motifs is 1. The first-order valence-electron chi connectivity index (χ1n) is 7.72. The van der Waals surface area contributed by atoms with Gasteiger partial charge in [0.25, 0.3) is 5.91 Å². The Kier molecular flexibility index (Phi) is 5.02. The monoisotopic (exact) mass is 377 g/mol. The van der Waals surface area contributed by atoms with E-state index in [1.807, 2.05) is 0 Å². The lowest BCUT2D eigenvalue weighted by Gasteiger charge is -2.11. The highest BCUT2D eigenvalue weighted by molar-refractivity contribution is 6.05. The van der Waals surface area contributed by atoms with E-state index in [9.17, 15) is 23.2 Å². The molecule has 1 heterocycles. The minimum Gasteiger partial charge on any atom is -0.454 e. The van der Waals surface area contributed by atoms with E-state index in [1.54, 1.807) is 0 Å². The van der Waals surface area contributed by atoms with Crippen molar-refractivity contribution in [1.29, 1.82) is 0 Å². The summed E-state index contributed by atoms with van der Waals surface area (Å²) in [5.74, 6) is -3.63. The van der Waals surface area contributed by atoms with Gasteiger partial charge in [0.1, 0.15) is 0 Å². The third-order valence-electron chi connectivity index (χ3n) is 3.66. The Bertz CT molecular complexity index is 944. The third-order valence-corrected chi connectivity index (χ3v) is 3.66. The average Bonchev–Trinajstić information content (AvgIpc) is 3.08. The normalized spacial score (nSPS) is 11.8. The Morgan fingerprint density at radius 1 is 1.07 bits per heavy atom. The molecule has 0 unspecified atom stereocenters. The number of rotatable bonds is 5. The Labute approximate surface area is 151 Å². The van der Waals surface area contributed by atoms with E-state index in [4.69, 9.17) is 14.2 Å². The van der Waals surface area contributed by atoms with Crippen LogP contribution in [0.5, 0.6) is 11.5 Å². The number of carbonyl (C=O) groups excluding carboxylic acids is 3. The molecule has 2 aromatic rings. The number of ether oxygens (including phenoxy) is 3. The maximum absolute atomic E-state index is 13.1. The predicted molar refractivity (Wildman–Crippen MR) is 87.8 cm³/mol. The van der Waals surface area contributed by atoms with E-state index in [-0.39, 0.29) is 29.4 Å². The second-order valence-corrected chi connectivity index (χ2v) is 5.56. The molecule has 1 N–H and O–H groups in total. The molecule has 0 atom stereocenters. The Morgan fingerprint density at radius 2 is 1.78 bits per heavy atom. The zero-order valence-corrected chi connectivity index (χ0v) is 14.0. The van der Waals surface area contributed by atoms with Gasteiger partial charge in [-0.1, -0.05) is 0 Å². The lowest BCUT2D eigenvalue weighted by Crippen LogP contribution is -2.22. The van der Waals surface area contributed by atoms with E-state index in [1.165, 1.54) is 19.1 Å². The number of anilines is 1. The molecule has 0 saturated heterocycles. The second kappa shape index (κ2) is 7.40. The summed E-state index contributed by atoms with van der Waals surface area (Å²) < 4.78 is 41.2. The third kappa shape index (κ3) is 4.02. The highest BCUT2D eigenvalue weighted by Crippen LogP contribution is 2.37. The number of hydrogen-bond donors (Lipinski definition) is 1. The van der Waals surface area contributed by atoms with Crippen LogP contribution in [-0.2, 0) is 9.53 Å². The fraction of sp³-hybridized carbons (Fsp3) is 0.167. The zero-order chi connectivity index (χ0) is 19.6. The minimum atomic E-state index is -1.21. The minimum absolute atomic E-state index is 0.00405. The molecular weight excluding hydrogens is 364 g/mol. The summed E-state index contributed by atoms with van der Waals surface area (Å²) in [6, 6.07) is 5.34. The summed E-state index contributed by atoms with van der Waals surface area (Å²) >= 11 is 0. The van der Waals surface area contributed by atoms with Crippen LogP contribution >= 0.6 is 0 Å². The van der Waals surface area contributed by atoms with Crippen molar-refractivity contribution >= 4 is 23.3 Å². The standard InChI is InChI=1S/C18H13F2NO6/c1-9(22)11-5-15-16(27-8-26-15)6-14(11)21-17(23)7-25-18(24)10-2-3-12(19)13(20)4-10/h2-6H,7-8H2,1H3,(H,21,23). The van der Waals surface area contributed by atoms with Crippen molar-refractivity contribution in [2.45, 2.75) is 6.92 Å². The lowest BCUT2D eigenvalue weighted by molar-refractivity contribution is -0.119. The van der Waals surface area contributed by atoms with Crippen LogP contribution in [0.25, 0.3) is 0 Å². The van der Waals surface area contributed by atoms with Gasteiger partial charge in [0.15, 0.2) is 35.5 Å². The number of ketones is 1. The molecule has 27 heavy (non-hydrogen) atoms. The number of amides is 1. The lowest BCUT2D eigenvalue weighted by atomic mass is 10.1. The molecule has 0 saturated carbocycles. The van der Waals surface area contributed by atoms with Crippen LogP contribution in [0, 0.1) is 11.6 Å². The van der Waals surface area contributed by atoms with Gasteiger partial charge in [-0.3, -0.25) is 9.59 Å². The second-order valence-electron chi connectivity index (χ2n) is 5.56. The molecule has 0 fully saturated rings. The number of halogens is 2. The van der Waals surface area contributed by atoms with Crippen LogP contribution in [0.4, 0.5) is 14.5 Å². The van der Waals surface area contributed by atoms with Crippen molar-refractivity contribution in [1.82, 2.24) is 0 Å². The number of benzene rings is 2. The van der Waals surface area contributed by atoms with Crippen molar-refractivity contribution in [3.8, 4) is 11.5 Å². The van der Waals surface area contributed by atoms with Crippen LogP contribution in [0.15, 0.2) is 30.3 Å². The Balaban J connectivity index is 1.66. The molecule has 7 nitrogen and oxygen atoms in total. The van der Waals surface area contributed by atoms with Crippen LogP contribution in [0.3, 0.4) is 0 Å². The average molecular weight is 377 g/mol. The van der Waals surface area contributed by atoms with Crippen molar-refractivity contribution in [3.63, 3.8) is 0 Å². The highest BCUT2D eigenvalue weighted by Gasteiger charge is 2.21. The molecule has 1 aliphatic rings. The summed E-state index contributed by atoms with van der Waals surface area (Å²) in [6.07, 6.45) is 0. The molecule has 0 spiro atoms. The summed E-state index contributed by atoms with van der Waals surface area (Å²) in [4.78, 5) is 35.6. The summed E-state index contributed by atoms with van der Waals surface area (Å²) in [5, 5.41) is 2.44. The SMILES string of the molecule is CC(=O)c1cc2c(cc1NC(=O)COC(=O)c1ccc(F)c(F)c1)OCO2. The highest BCUT2D eigenvalue weighted by atomic mass is 19.2. The molecule has 9 heteroatoms. The Hall–Kier alpha value is -3.49. The number of esters is 1. The molecule has 0 radical (unpaired) electrons. The molecule has 140 valence electrons. The molecule has 1 amide bonds. The van der Waals surface area contributed by atoms with Gasteiger partial charge in [-0.2, -0.15) is 0 Å². The first-order chi connectivity index (χ1) is 12.8. The van der Waals surface area contributed by atoms with Crippen LogP contribution in [0.2, 0.25) is 0 Å². The van der Waals surface area contributed by atoms with Crippen molar-refractivity contribution < 1.29 is 37.4 Å². The van der Waals surface area contributed by atoms with E-state index >= 15 is 0 Å². The number of carbonyl (C=O) groups is 3. The number of nitrogens with one attached hydrogen (secondary N) is 1. The van der Waals surface area contributed by atoms with Crippen LogP contribution in [-0.4, -0.2) is 31.1 Å². The largest absolute Gasteiger partial charge is 0.454 e. The number of hydrogen-bond acceptors (Lipinski definition) is 6. The van der Waals surface area contributed by atoms with Gasteiger partial charge < -0.3 is 19.5 Å². The first-order valence-corrected chi connectivity index (χ1v) is 7.72. The summed E-state index contributed by atoms with van der Waals surface area (Å²) in [7, 11) is 0. The van der Waals surface area contributed by atoms with E-state index in [0.29, 0.717) is 17.6 Å². The smallest absolute Gasteiger partial charge is 0.338 e. The first kappa shape index (κ1) is 18.3. The van der Waals surface area contributed by atoms with Crippen molar-refractivity contribution in [3.05, 3.63) is 53.1 Å². The molecule has 2 aromatic carbocycles. The van der Waals surface area contributed by atoms with Crippen LogP contribution in [0.1, 0.15) is 27.6 Å².